The maximum atomic E-state index is 12.2. The minimum absolute atomic E-state index is 0.114. The molecule has 126 valence electrons. The van der Waals surface area contributed by atoms with Crippen molar-refractivity contribution in [3.05, 3.63) is 59.9 Å². The first-order valence-corrected chi connectivity index (χ1v) is 8.38. The number of carbonyl (C=O) groups excluding carboxylic acids is 1. The number of nitrogens with one attached hydrogen (secondary N) is 1. The van der Waals surface area contributed by atoms with Crippen LogP contribution in [0.25, 0.3) is 0 Å². The third-order valence-corrected chi connectivity index (χ3v) is 4.53. The molecule has 0 saturated carbocycles. The van der Waals surface area contributed by atoms with Crippen LogP contribution in [0.2, 0.25) is 0 Å². The molecule has 5 nitrogen and oxygen atoms in total. The second-order valence-electron chi connectivity index (χ2n) is 6.29. The van der Waals surface area contributed by atoms with Gasteiger partial charge in [-0.15, -0.1) is 0 Å². The molecule has 1 saturated heterocycles. The van der Waals surface area contributed by atoms with Crippen LogP contribution in [0.3, 0.4) is 0 Å². The molecule has 3 rings (SSSR count). The fourth-order valence-corrected chi connectivity index (χ4v) is 2.99. The number of amides is 1. The summed E-state index contributed by atoms with van der Waals surface area (Å²) in [7, 11) is 0. The van der Waals surface area contributed by atoms with Crippen LogP contribution < -0.4 is 5.32 Å². The van der Waals surface area contributed by atoms with Crippen LogP contribution in [0.1, 0.15) is 28.8 Å². The highest BCUT2D eigenvalue weighted by Crippen LogP contribution is 2.18. The minimum Gasteiger partial charge on any atom is -0.396 e. The number of hydrogen-bond acceptors (Lipinski definition) is 4. The minimum atomic E-state index is -0.114. The van der Waals surface area contributed by atoms with Gasteiger partial charge in [-0.25, -0.2) is 0 Å². The summed E-state index contributed by atoms with van der Waals surface area (Å²) in [4.78, 5) is 18.6. The van der Waals surface area contributed by atoms with Crippen LogP contribution in [-0.2, 0) is 6.54 Å². The molecule has 2 aromatic rings. The Balaban J connectivity index is 1.54. The van der Waals surface area contributed by atoms with Crippen molar-refractivity contribution in [1.82, 2.24) is 9.88 Å². The van der Waals surface area contributed by atoms with Crippen LogP contribution in [0, 0.1) is 5.92 Å². The van der Waals surface area contributed by atoms with E-state index in [-0.39, 0.29) is 5.91 Å². The van der Waals surface area contributed by atoms with E-state index in [1.807, 2.05) is 24.3 Å². The predicted octanol–water partition coefficient (Wildman–Crippen LogP) is 2.54. The molecule has 0 unspecified atom stereocenters. The predicted molar refractivity (Wildman–Crippen MR) is 93.7 cm³/mol. The molecule has 0 bridgehead atoms. The van der Waals surface area contributed by atoms with Crippen LogP contribution in [0.5, 0.6) is 0 Å². The molecule has 0 spiro atoms. The second-order valence-corrected chi connectivity index (χ2v) is 6.29. The molecule has 1 amide bonds. The Hall–Kier alpha value is -2.24. The molecule has 1 aromatic carbocycles. The van der Waals surface area contributed by atoms with E-state index in [1.54, 1.807) is 24.5 Å². The fraction of sp³-hybridized carbons (Fsp3) is 0.368. The van der Waals surface area contributed by atoms with Crippen LogP contribution >= 0.6 is 0 Å². The number of piperidine rings is 1. The molecule has 1 aromatic heterocycles. The molecule has 2 N–H and O–H groups in total. The molecule has 1 aliphatic rings. The van der Waals surface area contributed by atoms with E-state index in [4.69, 9.17) is 0 Å². The standard InChI is InChI=1S/C19H23N3O2/c23-14-16-7-11-22(12-8-16)13-15-1-3-17(4-2-15)19(24)21-18-5-9-20-10-6-18/h1-6,9-10,16,23H,7-8,11-14H2,(H,20,21,24). The van der Waals surface area contributed by atoms with Gasteiger partial charge in [-0.3, -0.25) is 14.7 Å². The first-order chi connectivity index (χ1) is 11.7. The average molecular weight is 325 g/mol. The first-order valence-electron chi connectivity index (χ1n) is 8.38. The Morgan fingerprint density at radius 1 is 1.12 bits per heavy atom. The van der Waals surface area contributed by atoms with Gasteiger partial charge in [0.15, 0.2) is 0 Å². The number of aliphatic hydroxyl groups is 1. The van der Waals surface area contributed by atoms with Crippen LogP contribution in [0.15, 0.2) is 48.8 Å². The summed E-state index contributed by atoms with van der Waals surface area (Å²) in [6, 6.07) is 11.3. The van der Waals surface area contributed by atoms with E-state index in [9.17, 15) is 9.90 Å². The summed E-state index contributed by atoms with van der Waals surface area (Å²) in [6.07, 6.45) is 5.42. The normalized spacial score (nSPS) is 16.0. The number of aliphatic hydroxyl groups excluding tert-OH is 1. The Bertz CT molecular complexity index is 650. The van der Waals surface area contributed by atoms with Crippen molar-refractivity contribution in [2.45, 2.75) is 19.4 Å². The van der Waals surface area contributed by atoms with Gasteiger partial charge in [0.2, 0.25) is 0 Å². The highest BCUT2D eigenvalue weighted by Gasteiger charge is 2.18. The van der Waals surface area contributed by atoms with Crippen molar-refractivity contribution >= 4 is 11.6 Å². The SMILES string of the molecule is O=C(Nc1ccncc1)c1ccc(CN2CCC(CO)CC2)cc1. The highest BCUT2D eigenvalue weighted by molar-refractivity contribution is 6.04. The number of rotatable bonds is 5. The van der Waals surface area contributed by atoms with Crippen LogP contribution in [0.4, 0.5) is 5.69 Å². The summed E-state index contributed by atoms with van der Waals surface area (Å²) in [5.74, 6) is 0.344. The molecular formula is C19H23N3O2. The lowest BCUT2D eigenvalue weighted by Gasteiger charge is -2.31. The molecule has 1 fully saturated rings. The Morgan fingerprint density at radius 3 is 2.42 bits per heavy atom. The Labute approximate surface area is 142 Å². The van der Waals surface area contributed by atoms with E-state index < -0.39 is 0 Å². The fourth-order valence-electron chi connectivity index (χ4n) is 2.99. The van der Waals surface area contributed by atoms with Gasteiger partial charge >= 0.3 is 0 Å². The van der Waals surface area contributed by atoms with Crippen molar-refractivity contribution in [3.8, 4) is 0 Å². The van der Waals surface area contributed by atoms with E-state index in [0.29, 0.717) is 18.1 Å². The number of hydrogen-bond donors (Lipinski definition) is 2. The van der Waals surface area contributed by atoms with Crippen molar-refractivity contribution in [1.29, 1.82) is 0 Å². The summed E-state index contributed by atoms with van der Waals surface area (Å²) >= 11 is 0. The van der Waals surface area contributed by atoms with Crippen molar-refractivity contribution < 1.29 is 9.90 Å². The molecule has 0 atom stereocenters. The van der Waals surface area contributed by atoms with Gasteiger partial charge in [-0.2, -0.15) is 0 Å². The lowest BCUT2D eigenvalue weighted by molar-refractivity contribution is 0.102. The first kappa shape index (κ1) is 16.6. The number of likely N-dealkylation sites (tertiary alicyclic amines) is 1. The zero-order chi connectivity index (χ0) is 16.8. The van der Waals surface area contributed by atoms with Crippen LogP contribution in [-0.4, -0.2) is 40.6 Å². The lowest BCUT2D eigenvalue weighted by atomic mass is 9.97. The molecular weight excluding hydrogens is 302 g/mol. The monoisotopic (exact) mass is 325 g/mol. The van der Waals surface area contributed by atoms with Crippen molar-refractivity contribution in [2.75, 3.05) is 25.0 Å². The zero-order valence-corrected chi connectivity index (χ0v) is 13.7. The third kappa shape index (κ3) is 4.40. The van der Waals surface area contributed by atoms with Crippen molar-refractivity contribution in [3.63, 3.8) is 0 Å². The summed E-state index contributed by atoms with van der Waals surface area (Å²) < 4.78 is 0. The largest absolute Gasteiger partial charge is 0.396 e. The zero-order valence-electron chi connectivity index (χ0n) is 13.7. The smallest absolute Gasteiger partial charge is 0.255 e. The highest BCUT2D eigenvalue weighted by atomic mass is 16.3. The molecule has 1 aliphatic heterocycles. The Morgan fingerprint density at radius 2 is 1.79 bits per heavy atom. The average Bonchev–Trinajstić information content (AvgIpc) is 2.64. The van der Waals surface area contributed by atoms with E-state index in [0.717, 1.165) is 38.2 Å². The molecule has 5 heteroatoms. The van der Waals surface area contributed by atoms with E-state index >= 15 is 0 Å². The maximum Gasteiger partial charge on any atom is 0.255 e. The van der Waals surface area contributed by atoms with Gasteiger partial charge in [0.05, 0.1) is 0 Å². The maximum absolute atomic E-state index is 12.2. The number of benzene rings is 1. The number of nitrogens with zero attached hydrogens (tertiary/aromatic N) is 2. The molecule has 0 aliphatic carbocycles. The lowest BCUT2D eigenvalue weighted by Crippen LogP contribution is -2.34. The van der Waals surface area contributed by atoms with Gasteiger partial charge in [0.25, 0.3) is 5.91 Å². The van der Waals surface area contributed by atoms with Gasteiger partial charge in [-0.05, 0) is 61.7 Å². The topological polar surface area (TPSA) is 65.5 Å². The summed E-state index contributed by atoms with van der Waals surface area (Å²) in [5, 5.41) is 12.1. The number of carbonyl (C=O) groups is 1. The van der Waals surface area contributed by atoms with Gasteiger partial charge < -0.3 is 10.4 Å². The van der Waals surface area contributed by atoms with Crippen molar-refractivity contribution in [2.24, 2.45) is 5.92 Å². The molecule has 2 heterocycles. The van der Waals surface area contributed by atoms with Gasteiger partial charge in [0, 0.05) is 36.8 Å². The van der Waals surface area contributed by atoms with Gasteiger partial charge in [-0.1, -0.05) is 12.1 Å². The van der Waals surface area contributed by atoms with E-state index in [2.05, 4.69) is 15.2 Å². The Kier molecular flexibility index (Phi) is 5.56. The quantitative estimate of drug-likeness (QED) is 0.887. The van der Waals surface area contributed by atoms with E-state index in [1.165, 1.54) is 5.56 Å². The summed E-state index contributed by atoms with van der Waals surface area (Å²) in [6.45, 7) is 3.24. The van der Waals surface area contributed by atoms with Gasteiger partial charge in [0.1, 0.15) is 0 Å². The number of anilines is 1. The number of pyridine rings is 1. The number of aromatic nitrogens is 1. The third-order valence-electron chi connectivity index (χ3n) is 4.53. The summed E-state index contributed by atoms with van der Waals surface area (Å²) in [5.41, 5.74) is 2.60. The second kappa shape index (κ2) is 8.04. The molecule has 0 radical (unpaired) electrons. The molecule has 24 heavy (non-hydrogen) atoms.